The Balaban J connectivity index is 2.31. The zero-order chi connectivity index (χ0) is 11.5. The fraction of sp³-hybridized carbons (Fsp3) is 0.455. The van der Waals surface area contributed by atoms with E-state index in [9.17, 15) is 4.79 Å². The number of fused-ring (bicyclic) bond motifs is 1. The Bertz CT molecular complexity index is 531. The van der Waals surface area contributed by atoms with E-state index in [1.807, 2.05) is 18.5 Å². The summed E-state index contributed by atoms with van der Waals surface area (Å²) in [6.07, 6.45) is 1.64. The number of hydrogen-bond acceptors (Lipinski definition) is 4. The molecule has 0 amide bonds. The van der Waals surface area contributed by atoms with E-state index in [0.29, 0.717) is 12.5 Å². The van der Waals surface area contributed by atoms with Gasteiger partial charge in [-0.2, -0.15) is 0 Å². The van der Waals surface area contributed by atoms with Crippen molar-refractivity contribution in [2.45, 2.75) is 13.5 Å². The molecule has 86 valence electrons. The first kappa shape index (κ1) is 11.3. The van der Waals surface area contributed by atoms with Crippen molar-refractivity contribution in [3.63, 3.8) is 0 Å². The van der Waals surface area contributed by atoms with E-state index in [-0.39, 0.29) is 5.56 Å². The van der Waals surface area contributed by atoms with Gasteiger partial charge in [-0.15, -0.1) is 11.3 Å². The molecule has 2 aromatic rings. The molecule has 2 aromatic heterocycles. The summed E-state index contributed by atoms with van der Waals surface area (Å²) in [5, 5.41) is 5.01. The van der Waals surface area contributed by atoms with Gasteiger partial charge in [0.15, 0.2) is 0 Å². The summed E-state index contributed by atoms with van der Waals surface area (Å²) in [6, 6.07) is 1.88. The molecule has 4 nitrogen and oxygen atoms in total. The molecule has 16 heavy (non-hydrogen) atoms. The van der Waals surface area contributed by atoms with E-state index >= 15 is 0 Å². The van der Waals surface area contributed by atoms with E-state index in [0.717, 1.165) is 16.8 Å². The molecule has 2 rings (SSSR count). The van der Waals surface area contributed by atoms with Crippen molar-refractivity contribution in [3.05, 3.63) is 28.1 Å². The first-order valence-electron chi connectivity index (χ1n) is 5.29. The van der Waals surface area contributed by atoms with Gasteiger partial charge < -0.3 is 5.32 Å². The van der Waals surface area contributed by atoms with Crippen LogP contribution in [-0.4, -0.2) is 23.1 Å². The molecule has 0 bridgehead atoms. The largest absolute Gasteiger partial charge is 0.319 e. The lowest BCUT2D eigenvalue weighted by molar-refractivity contribution is 0.453. The summed E-state index contributed by atoms with van der Waals surface area (Å²) in [7, 11) is 1.92. The summed E-state index contributed by atoms with van der Waals surface area (Å²) in [5.41, 5.74) is 0.871. The highest BCUT2D eigenvalue weighted by Crippen LogP contribution is 2.13. The van der Waals surface area contributed by atoms with Crippen LogP contribution in [0.4, 0.5) is 0 Å². The Hall–Kier alpha value is -1.20. The van der Waals surface area contributed by atoms with Gasteiger partial charge >= 0.3 is 0 Å². The van der Waals surface area contributed by atoms with Crippen molar-refractivity contribution in [2.24, 2.45) is 5.92 Å². The van der Waals surface area contributed by atoms with Gasteiger partial charge in [0.1, 0.15) is 4.70 Å². The molecule has 0 radical (unpaired) electrons. The molecule has 0 aliphatic heterocycles. The number of aromatic nitrogens is 2. The molecule has 0 saturated carbocycles. The van der Waals surface area contributed by atoms with Crippen molar-refractivity contribution >= 4 is 21.6 Å². The second-order valence-electron chi connectivity index (χ2n) is 4.00. The fourth-order valence-electron chi connectivity index (χ4n) is 1.76. The highest BCUT2D eigenvalue weighted by Gasteiger charge is 2.07. The van der Waals surface area contributed by atoms with Crippen LogP contribution in [-0.2, 0) is 6.54 Å². The van der Waals surface area contributed by atoms with Crippen LogP contribution in [0.15, 0.2) is 22.6 Å². The summed E-state index contributed by atoms with van der Waals surface area (Å²) < 4.78 is 2.44. The number of hydrogen-bond donors (Lipinski definition) is 1. The molecule has 0 fully saturated rings. The van der Waals surface area contributed by atoms with Crippen LogP contribution in [0, 0.1) is 5.92 Å². The maximum absolute atomic E-state index is 12.0. The predicted molar refractivity (Wildman–Crippen MR) is 67.0 cm³/mol. The first-order valence-corrected chi connectivity index (χ1v) is 6.17. The molecule has 1 atom stereocenters. The monoisotopic (exact) mass is 237 g/mol. The molecule has 1 N–H and O–H groups in total. The van der Waals surface area contributed by atoms with Gasteiger partial charge in [-0.05, 0) is 31.0 Å². The number of nitrogens with zero attached hydrogens (tertiary/aromatic N) is 2. The Morgan fingerprint density at radius 1 is 1.62 bits per heavy atom. The molecule has 2 heterocycles. The highest BCUT2D eigenvalue weighted by molar-refractivity contribution is 7.17. The normalized spacial score (nSPS) is 13.1. The van der Waals surface area contributed by atoms with Crippen LogP contribution in [0.5, 0.6) is 0 Å². The van der Waals surface area contributed by atoms with Crippen LogP contribution in [0.2, 0.25) is 0 Å². The van der Waals surface area contributed by atoms with E-state index in [2.05, 4.69) is 17.2 Å². The minimum Gasteiger partial charge on any atom is -0.319 e. The van der Waals surface area contributed by atoms with Crippen molar-refractivity contribution in [1.29, 1.82) is 0 Å². The van der Waals surface area contributed by atoms with E-state index in [1.54, 1.807) is 10.9 Å². The quantitative estimate of drug-likeness (QED) is 0.872. The summed E-state index contributed by atoms with van der Waals surface area (Å²) in [5.74, 6) is 0.418. The third kappa shape index (κ3) is 2.15. The maximum Gasteiger partial charge on any atom is 0.271 e. The van der Waals surface area contributed by atoms with Crippen LogP contribution < -0.4 is 10.9 Å². The molecular formula is C11H15N3OS. The fourth-order valence-corrected chi connectivity index (χ4v) is 2.55. The molecule has 0 spiro atoms. The van der Waals surface area contributed by atoms with Gasteiger partial charge in [-0.1, -0.05) is 6.92 Å². The first-order chi connectivity index (χ1) is 7.72. The maximum atomic E-state index is 12.0. The van der Waals surface area contributed by atoms with Gasteiger partial charge in [0, 0.05) is 6.54 Å². The number of thiophene rings is 1. The second kappa shape index (κ2) is 4.76. The van der Waals surface area contributed by atoms with Gasteiger partial charge in [-0.3, -0.25) is 9.36 Å². The van der Waals surface area contributed by atoms with Crippen LogP contribution in [0.25, 0.3) is 10.2 Å². The lowest BCUT2D eigenvalue weighted by Crippen LogP contribution is -2.27. The SMILES string of the molecule is CNCC(C)Cn1cnc2ccsc2c1=O. The van der Waals surface area contributed by atoms with Gasteiger partial charge in [0.2, 0.25) is 0 Å². The minimum absolute atomic E-state index is 0.0722. The van der Waals surface area contributed by atoms with E-state index in [4.69, 9.17) is 0 Å². The molecule has 0 aliphatic carbocycles. The second-order valence-corrected chi connectivity index (χ2v) is 4.92. The third-order valence-corrected chi connectivity index (χ3v) is 3.39. The van der Waals surface area contributed by atoms with Crippen LogP contribution >= 0.6 is 11.3 Å². The number of nitrogens with one attached hydrogen (secondary N) is 1. The lowest BCUT2D eigenvalue weighted by Gasteiger charge is -2.12. The van der Waals surface area contributed by atoms with Crippen molar-refractivity contribution in [2.75, 3.05) is 13.6 Å². The van der Waals surface area contributed by atoms with Crippen molar-refractivity contribution in [1.82, 2.24) is 14.9 Å². The standard InChI is InChI=1S/C11H15N3OS/c1-8(5-12-2)6-14-7-13-9-3-4-16-10(9)11(14)15/h3-4,7-8,12H,5-6H2,1-2H3. The lowest BCUT2D eigenvalue weighted by atomic mass is 10.2. The Kier molecular flexibility index (Phi) is 3.36. The van der Waals surface area contributed by atoms with Crippen LogP contribution in [0.1, 0.15) is 6.92 Å². The molecular weight excluding hydrogens is 222 g/mol. The third-order valence-electron chi connectivity index (χ3n) is 2.50. The van der Waals surface area contributed by atoms with Gasteiger partial charge in [-0.25, -0.2) is 4.98 Å². The van der Waals surface area contributed by atoms with Crippen molar-refractivity contribution in [3.8, 4) is 0 Å². The minimum atomic E-state index is 0.0722. The topological polar surface area (TPSA) is 46.9 Å². The molecule has 0 aromatic carbocycles. The van der Waals surface area contributed by atoms with Gasteiger partial charge in [0.25, 0.3) is 5.56 Å². The molecule has 0 aliphatic rings. The van der Waals surface area contributed by atoms with Crippen LogP contribution in [0.3, 0.4) is 0 Å². The Morgan fingerprint density at radius 2 is 2.44 bits per heavy atom. The number of rotatable bonds is 4. The molecule has 5 heteroatoms. The summed E-state index contributed by atoms with van der Waals surface area (Å²) in [6.45, 7) is 3.72. The Labute approximate surface area is 97.9 Å². The Morgan fingerprint density at radius 3 is 3.19 bits per heavy atom. The zero-order valence-corrected chi connectivity index (χ0v) is 10.3. The average molecular weight is 237 g/mol. The summed E-state index contributed by atoms with van der Waals surface area (Å²) >= 11 is 1.46. The van der Waals surface area contributed by atoms with Crippen molar-refractivity contribution < 1.29 is 0 Å². The van der Waals surface area contributed by atoms with E-state index < -0.39 is 0 Å². The zero-order valence-electron chi connectivity index (χ0n) is 9.43. The molecule has 1 unspecified atom stereocenters. The average Bonchev–Trinajstić information content (AvgIpc) is 2.71. The predicted octanol–water partition coefficient (Wildman–Crippen LogP) is 1.31. The van der Waals surface area contributed by atoms with Gasteiger partial charge in [0.05, 0.1) is 11.8 Å². The van der Waals surface area contributed by atoms with E-state index in [1.165, 1.54) is 11.3 Å². The highest BCUT2D eigenvalue weighted by atomic mass is 32.1. The molecule has 0 saturated heterocycles. The summed E-state index contributed by atoms with van der Waals surface area (Å²) in [4.78, 5) is 16.3. The smallest absolute Gasteiger partial charge is 0.271 e.